The first-order valence-corrected chi connectivity index (χ1v) is 6.91. The lowest BCUT2D eigenvalue weighted by Gasteiger charge is -2.23. The van der Waals surface area contributed by atoms with E-state index in [9.17, 15) is 4.79 Å². The van der Waals surface area contributed by atoms with E-state index in [1.54, 1.807) is 7.11 Å². The second kappa shape index (κ2) is 7.14. The summed E-state index contributed by atoms with van der Waals surface area (Å²) in [5.41, 5.74) is 1.16. The van der Waals surface area contributed by atoms with Crippen LogP contribution in [0.5, 0.6) is 5.75 Å². The lowest BCUT2D eigenvalue weighted by molar-refractivity contribution is -0.121. The van der Waals surface area contributed by atoms with E-state index in [1.165, 1.54) is 0 Å². The summed E-state index contributed by atoms with van der Waals surface area (Å²) in [5, 5.41) is 6.38. The minimum absolute atomic E-state index is 0.143. The smallest absolute Gasteiger partial charge is 0.220 e. The van der Waals surface area contributed by atoms with Gasteiger partial charge in [0.2, 0.25) is 5.91 Å². The van der Waals surface area contributed by atoms with Crippen molar-refractivity contribution >= 4 is 5.91 Å². The topological polar surface area (TPSA) is 50.4 Å². The molecule has 2 N–H and O–H groups in total. The highest BCUT2D eigenvalue weighted by Crippen LogP contribution is 2.12. The molecule has 1 aromatic carbocycles. The lowest BCUT2D eigenvalue weighted by Crippen LogP contribution is -2.45. The number of aryl methyl sites for hydroxylation is 1. The van der Waals surface area contributed by atoms with Gasteiger partial charge < -0.3 is 15.4 Å². The Kier molecular flexibility index (Phi) is 5.21. The van der Waals surface area contributed by atoms with Gasteiger partial charge in [0.1, 0.15) is 5.75 Å². The predicted molar refractivity (Wildman–Crippen MR) is 75.3 cm³/mol. The molecule has 1 heterocycles. The molecule has 0 aromatic heterocycles. The highest BCUT2D eigenvalue weighted by Gasteiger charge is 2.14. The van der Waals surface area contributed by atoms with E-state index in [1.807, 2.05) is 24.3 Å². The van der Waals surface area contributed by atoms with Crippen molar-refractivity contribution in [1.29, 1.82) is 0 Å². The fraction of sp³-hybridized carbons (Fsp3) is 0.533. The molecule has 4 heteroatoms. The van der Waals surface area contributed by atoms with Crippen molar-refractivity contribution in [3.63, 3.8) is 0 Å². The highest BCUT2D eigenvalue weighted by atomic mass is 16.5. The molecule has 0 unspecified atom stereocenters. The van der Waals surface area contributed by atoms with E-state index in [0.717, 1.165) is 43.7 Å². The highest BCUT2D eigenvalue weighted by molar-refractivity contribution is 5.76. The molecule has 1 saturated heterocycles. The molecule has 0 aliphatic carbocycles. The Balaban J connectivity index is 1.72. The van der Waals surface area contributed by atoms with Gasteiger partial charge in [-0.05, 0) is 43.5 Å². The summed E-state index contributed by atoms with van der Waals surface area (Å²) in [6, 6.07) is 8.18. The third-order valence-electron chi connectivity index (χ3n) is 3.46. The molecule has 1 aliphatic heterocycles. The van der Waals surface area contributed by atoms with E-state index in [2.05, 4.69) is 10.6 Å². The van der Waals surface area contributed by atoms with Gasteiger partial charge in [-0.2, -0.15) is 0 Å². The number of rotatable bonds is 5. The summed E-state index contributed by atoms with van der Waals surface area (Å²) in [6.45, 7) is 1.96. The van der Waals surface area contributed by atoms with Crippen LogP contribution in [0.2, 0.25) is 0 Å². The monoisotopic (exact) mass is 262 g/mol. The van der Waals surface area contributed by atoms with Crippen LogP contribution in [-0.4, -0.2) is 32.1 Å². The van der Waals surface area contributed by atoms with Crippen molar-refractivity contribution in [3.05, 3.63) is 29.8 Å². The third kappa shape index (κ3) is 4.56. The summed E-state index contributed by atoms with van der Waals surface area (Å²) in [4.78, 5) is 11.8. The Morgan fingerprint density at radius 3 is 2.84 bits per heavy atom. The predicted octanol–water partition coefficient (Wildman–Crippen LogP) is 1.50. The molecule has 4 nitrogen and oxygen atoms in total. The van der Waals surface area contributed by atoms with Crippen molar-refractivity contribution in [3.8, 4) is 5.75 Å². The van der Waals surface area contributed by atoms with Crippen LogP contribution in [0.15, 0.2) is 24.3 Å². The number of hydrogen-bond donors (Lipinski definition) is 2. The van der Waals surface area contributed by atoms with Crippen LogP contribution in [0.3, 0.4) is 0 Å². The first-order chi connectivity index (χ1) is 9.28. The molecule has 0 saturated carbocycles. The number of amides is 1. The van der Waals surface area contributed by atoms with Gasteiger partial charge in [-0.25, -0.2) is 0 Å². The van der Waals surface area contributed by atoms with E-state index >= 15 is 0 Å². The van der Waals surface area contributed by atoms with Crippen molar-refractivity contribution in [2.24, 2.45) is 0 Å². The number of ether oxygens (including phenoxy) is 1. The normalized spacial score (nSPS) is 18.9. The number of hydrogen-bond acceptors (Lipinski definition) is 3. The zero-order valence-electron chi connectivity index (χ0n) is 11.4. The molecule has 0 bridgehead atoms. The van der Waals surface area contributed by atoms with E-state index in [-0.39, 0.29) is 5.91 Å². The van der Waals surface area contributed by atoms with Crippen LogP contribution >= 0.6 is 0 Å². The molecule has 0 radical (unpaired) electrons. The Morgan fingerprint density at radius 1 is 1.42 bits per heavy atom. The summed E-state index contributed by atoms with van der Waals surface area (Å²) >= 11 is 0. The number of benzene rings is 1. The van der Waals surface area contributed by atoms with Gasteiger partial charge in [0, 0.05) is 19.0 Å². The largest absolute Gasteiger partial charge is 0.497 e. The molecule has 1 aromatic rings. The standard InChI is InChI=1S/C15H22N2O2/c1-19-14-7-4-12(5-8-14)6-9-15(18)17-13-3-2-10-16-11-13/h4-5,7-8,13,16H,2-3,6,9-11H2,1H3,(H,17,18)/t13-/m0/s1. The average Bonchev–Trinajstić information content (AvgIpc) is 2.47. The molecular formula is C15H22N2O2. The van der Waals surface area contributed by atoms with Gasteiger partial charge in [0.25, 0.3) is 0 Å². The molecule has 1 aliphatic rings. The van der Waals surface area contributed by atoms with E-state index in [4.69, 9.17) is 4.74 Å². The van der Waals surface area contributed by atoms with Gasteiger partial charge in [-0.15, -0.1) is 0 Å². The minimum Gasteiger partial charge on any atom is -0.497 e. The van der Waals surface area contributed by atoms with E-state index < -0.39 is 0 Å². The average molecular weight is 262 g/mol. The van der Waals surface area contributed by atoms with Gasteiger partial charge in [-0.1, -0.05) is 12.1 Å². The molecule has 1 atom stereocenters. The van der Waals surface area contributed by atoms with Crippen molar-refractivity contribution in [2.45, 2.75) is 31.7 Å². The maximum Gasteiger partial charge on any atom is 0.220 e. The lowest BCUT2D eigenvalue weighted by atomic mass is 10.1. The molecular weight excluding hydrogens is 240 g/mol. The maximum atomic E-state index is 11.8. The van der Waals surface area contributed by atoms with Crippen LogP contribution in [0.1, 0.15) is 24.8 Å². The van der Waals surface area contributed by atoms with Crippen LogP contribution in [0.4, 0.5) is 0 Å². The van der Waals surface area contributed by atoms with Crippen molar-refractivity contribution in [2.75, 3.05) is 20.2 Å². The summed E-state index contributed by atoms with van der Waals surface area (Å²) in [7, 11) is 1.65. The van der Waals surface area contributed by atoms with E-state index in [0.29, 0.717) is 12.5 Å². The Labute approximate surface area is 114 Å². The second-order valence-electron chi connectivity index (χ2n) is 4.96. The quantitative estimate of drug-likeness (QED) is 0.845. The Morgan fingerprint density at radius 2 is 2.21 bits per heavy atom. The van der Waals surface area contributed by atoms with Crippen LogP contribution in [0.25, 0.3) is 0 Å². The number of carbonyl (C=O) groups is 1. The molecule has 2 rings (SSSR count). The molecule has 1 fully saturated rings. The van der Waals surface area contributed by atoms with Gasteiger partial charge in [0.05, 0.1) is 7.11 Å². The Bertz CT molecular complexity index is 397. The fourth-order valence-electron chi connectivity index (χ4n) is 2.32. The summed E-state index contributed by atoms with van der Waals surface area (Å²) < 4.78 is 5.11. The zero-order valence-corrected chi connectivity index (χ0v) is 11.4. The number of carbonyl (C=O) groups excluding carboxylic acids is 1. The van der Waals surface area contributed by atoms with Crippen LogP contribution in [-0.2, 0) is 11.2 Å². The Hall–Kier alpha value is -1.55. The third-order valence-corrected chi connectivity index (χ3v) is 3.46. The first kappa shape index (κ1) is 13.9. The number of methoxy groups -OCH3 is 1. The summed E-state index contributed by atoms with van der Waals surface area (Å²) in [6.07, 6.45) is 3.55. The number of nitrogens with one attached hydrogen (secondary N) is 2. The van der Waals surface area contributed by atoms with Gasteiger partial charge in [0.15, 0.2) is 0 Å². The maximum absolute atomic E-state index is 11.8. The molecule has 19 heavy (non-hydrogen) atoms. The van der Waals surface area contributed by atoms with Crippen LogP contribution in [0, 0.1) is 0 Å². The first-order valence-electron chi connectivity index (χ1n) is 6.91. The number of piperidine rings is 1. The summed E-state index contributed by atoms with van der Waals surface area (Å²) in [5.74, 6) is 0.992. The fourth-order valence-corrected chi connectivity index (χ4v) is 2.32. The second-order valence-corrected chi connectivity index (χ2v) is 4.96. The van der Waals surface area contributed by atoms with Crippen molar-refractivity contribution < 1.29 is 9.53 Å². The molecule has 1 amide bonds. The SMILES string of the molecule is COc1ccc(CCC(=O)N[C@H]2CCCNC2)cc1. The zero-order chi connectivity index (χ0) is 13.5. The van der Waals surface area contributed by atoms with Crippen molar-refractivity contribution in [1.82, 2.24) is 10.6 Å². The molecule has 0 spiro atoms. The molecule has 104 valence electrons. The van der Waals surface area contributed by atoms with Gasteiger partial charge in [-0.3, -0.25) is 4.79 Å². The van der Waals surface area contributed by atoms with Crippen LogP contribution < -0.4 is 15.4 Å². The van der Waals surface area contributed by atoms with Gasteiger partial charge >= 0.3 is 0 Å². The minimum atomic E-state index is 0.143.